The number of amides is 1. The van der Waals surface area contributed by atoms with Crippen LogP contribution in [-0.4, -0.2) is 36.1 Å². The smallest absolute Gasteiger partial charge is 0.228 e. The molecule has 0 unspecified atom stereocenters. The Kier molecular flexibility index (Phi) is 5.81. The van der Waals surface area contributed by atoms with E-state index in [-0.39, 0.29) is 12.3 Å². The van der Waals surface area contributed by atoms with Crippen LogP contribution in [0.5, 0.6) is 5.75 Å². The number of piperidine rings is 1. The maximum atomic E-state index is 12.5. The van der Waals surface area contributed by atoms with Gasteiger partial charge in [-0.3, -0.25) is 4.79 Å². The molecule has 0 radical (unpaired) electrons. The first kappa shape index (κ1) is 19.5. The number of carbonyl (C=O) groups is 1. The number of methoxy groups -OCH3 is 1. The molecule has 3 aromatic rings. The average Bonchev–Trinajstić information content (AvgIpc) is 2.74. The molecule has 4 rings (SSSR count). The van der Waals surface area contributed by atoms with Crippen LogP contribution in [0.15, 0.2) is 42.7 Å². The molecule has 1 aliphatic heterocycles. The first-order valence-electron chi connectivity index (χ1n) is 9.76. The summed E-state index contributed by atoms with van der Waals surface area (Å²) in [6.07, 6.45) is 5.44. The minimum absolute atomic E-state index is 0.109. The fourth-order valence-corrected chi connectivity index (χ4v) is 3.97. The molecule has 1 aromatic heterocycles. The normalized spacial score (nSPS) is 14.1. The molecule has 0 saturated carbocycles. The first-order valence-corrected chi connectivity index (χ1v) is 10.1. The van der Waals surface area contributed by atoms with Gasteiger partial charge < -0.3 is 15.0 Å². The second-order valence-corrected chi connectivity index (χ2v) is 7.58. The lowest BCUT2D eigenvalue weighted by Gasteiger charge is -2.28. The Morgan fingerprint density at radius 1 is 1.14 bits per heavy atom. The van der Waals surface area contributed by atoms with Crippen molar-refractivity contribution in [1.82, 2.24) is 9.97 Å². The molecule has 1 aliphatic rings. The molecule has 1 saturated heterocycles. The molecule has 7 heteroatoms. The van der Waals surface area contributed by atoms with E-state index >= 15 is 0 Å². The number of aromatic nitrogens is 2. The lowest BCUT2D eigenvalue weighted by Crippen LogP contribution is -2.30. The van der Waals surface area contributed by atoms with E-state index in [1.807, 2.05) is 24.3 Å². The van der Waals surface area contributed by atoms with Crippen LogP contribution >= 0.6 is 11.6 Å². The zero-order chi connectivity index (χ0) is 20.2. The number of rotatable bonds is 5. The van der Waals surface area contributed by atoms with Crippen molar-refractivity contribution >= 4 is 39.9 Å². The van der Waals surface area contributed by atoms with E-state index in [2.05, 4.69) is 20.2 Å². The first-order chi connectivity index (χ1) is 14.1. The molecule has 0 spiro atoms. The van der Waals surface area contributed by atoms with Crippen molar-refractivity contribution in [2.24, 2.45) is 0 Å². The second kappa shape index (κ2) is 8.66. The SMILES string of the molecule is COc1ccc(CC(=O)Nc2ccc3ncnc(N4CCCCC4)c3c2)cc1Cl. The molecular formula is C22H23ClN4O2. The third-order valence-corrected chi connectivity index (χ3v) is 5.43. The van der Waals surface area contributed by atoms with Crippen molar-refractivity contribution in [3.05, 3.63) is 53.3 Å². The Morgan fingerprint density at radius 3 is 2.72 bits per heavy atom. The lowest BCUT2D eigenvalue weighted by atomic mass is 10.1. The van der Waals surface area contributed by atoms with Gasteiger partial charge in [-0.2, -0.15) is 0 Å². The minimum Gasteiger partial charge on any atom is -0.495 e. The van der Waals surface area contributed by atoms with Crippen LogP contribution in [0.4, 0.5) is 11.5 Å². The van der Waals surface area contributed by atoms with Crippen molar-refractivity contribution in [1.29, 1.82) is 0 Å². The molecule has 1 fully saturated rings. The Labute approximate surface area is 174 Å². The summed E-state index contributed by atoms with van der Waals surface area (Å²) in [7, 11) is 1.56. The predicted molar refractivity (Wildman–Crippen MR) is 116 cm³/mol. The van der Waals surface area contributed by atoms with Crippen molar-refractivity contribution < 1.29 is 9.53 Å². The molecule has 0 bridgehead atoms. The maximum absolute atomic E-state index is 12.5. The van der Waals surface area contributed by atoms with E-state index in [9.17, 15) is 4.79 Å². The number of nitrogens with zero attached hydrogens (tertiary/aromatic N) is 3. The number of benzene rings is 2. The molecule has 29 heavy (non-hydrogen) atoms. The topological polar surface area (TPSA) is 67.3 Å². The van der Waals surface area contributed by atoms with Crippen LogP contribution in [0.1, 0.15) is 24.8 Å². The fourth-order valence-electron chi connectivity index (χ4n) is 3.69. The maximum Gasteiger partial charge on any atom is 0.228 e. The monoisotopic (exact) mass is 410 g/mol. The summed E-state index contributed by atoms with van der Waals surface area (Å²) in [5.74, 6) is 1.42. The van der Waals surface area contributed by atoms with E-state index in [0.717, 1.165) is 41.1 Å². The van der Waals surface area contributed by atoms with Crippen LogP contribution in [0.3, 0.4) is 0 Å². The van der Waals surface area contributed by atoms with Gasteiger partial charge in [0, 0.05) is 24.2 Å². The number of hydrogen-bond donors (Lipinski definition) is 1. The highest BCUT2D eigenvalue weighted by molar-refractivity contribution is 6.32. The van der Waals surface area contributed by atoms with Gasteiger partial charge in [-0.15, -0.1) is 0 Å². The van der Waals surface area contributed by atoms with Crippen molar-refractivity contribution in [3.63, 3.8) is 0 Å². The molecule has 150 valence electrons. The minimum atomic E-state index is -0.109. The molecule has 1 N–H and O–H groups in total. The molecule has 0 atom stereocenters. The third kappa shape index (κ3) is 4.43. The number of anilines is 2. The van der Waals surface area contributed by atoms with Gasteiger partial charge in [0.25, 0.3) is 0 Å². The van der Waals surface area contributed by atoms with E-state index < -0.39 is 0 Å². The summed E-state index contributed by atoms with van der Waals surface area (Å²) in [6, 6.07) is 11.1. The Morgan fingerprint density at radius 2 is 1.97 bits per heavy atom. The van der Waals surface area contributed by atoms with Gasteiger partial charge in [0.15, 0.2) is 0 Å². The van der Waals surface area contributed by atoms with E-state index in [4.69, 9.17) is 16.3 Å². The summed E-state index contributed by atoms with van der Waals surface area (Å²) < 4.78 is 5.15. The van der Waals surface area contributed by atoms with E-state index in [1.165, 1.54) is 19.3 Å². The largest absolute Gasteiger partial charge is 0.495 e. The molecule has 6 nitrogen and oxygen atoms in total. The van der Waals surface area contributed by atoms with Crippen LogP contribution < -0.4 is 15.0 Å². The zero-order valence-corrected chi connectivity index (χ0v) is 17.1. The van der Waals surface area contributed by atoms with Crippen LogP contribution in [-0.2, 0) is 11.2 Å². The van der Waals surface area contributed by atoms with Gasteiger partial charge in [-0.05, 0) is 55.2 Å². The molecular weight excluding hydrogens is 388 g/mol. The van der Waals surface area contributed by atoms with Crippen molar-refractivity contribution in [3.8, 4) is 5.75 Å². The predicted octanol–water partition coefficient (Wildman–Crippen LogP) is 4.46. The number of ether oxygens (including phenoxy) is 1. The van der Waals surface area contributed by atoms with Crippen molar-refractivity contribution in [2.45, 2.75) is 25.7 Å². The summed E-state index contributed by atoms with van der Waals surface area (Å²) in [5, 5.41) is 4.42. The number of hydrogen-bond acceptors (Lipinski definition) is 5. The number of fused-ring (bicyclic) bond motifs is 1. The van der Waals surface area contributed by atoms with Gasteiger partial charge in [-0.1, -0.05) is 17.7 Å². The van der Waals surface area contributed by atoms with Crippen LogP contribution in [0.2, 0.25) is 5.02 Å². The number of halogens is 1. The van der Waals surface area contributed by atoms with Crippen LogP contribution in [0, 0.1) is 0 Å². The molecule has 2 heterocycles. The Hall–Kier alpha value is -2.86. The van der Waals surface area contributed by atoms with E-state index in [1.54, 1.807) is 25.6 Å². The average molecular weight is 411 g/mol. The second-order valence-electron chi connectivity index (χ2n) is 7.17. The highest BCUT2D eigenvalue weighted by atomic mass is 35.5. The Balaban J connectivity index is 1.53. The zero-order valence-electron chi connectivity index (χ0n) is 16.3. The van der Waals surface area contributed by atoms with Gasteiger partial charge >= 0.3 is 0 Å². The molecule has 2 aromatic carbocycles. The highest BCUT2D eigenvalue weighted by Crippen LogP contribution is 2.28. The summed E-state index contributed by atoms with van der Waals surface area (Å²) >= 11 is 6.15. The third-order valence-electron chi connectivity index (χ3n) is 5.13. The summed E-state index contributed by atoms with van der Waals surface area (Å²) in [4.78, 5) is 23.7. The number of nitrogens with one attached hydrogen (secondary N) is 1. The van der Waals surface area contributed by atoms with Gasteiger partial charge in [0.2, 0.25) is 5.91 Å². The quantitative estimate of drug-likeness (QED) is 0.672. The van der Waals surface area contributed by atoms with Gasteiger partial charge in [-0.25, -0.2) is 9.97 Å². The van der Waals surface area contributed by atoms with E-state index in [0.29, 0.717) is 10.8 Å². The number of carbonyl (C=O) groups excluding carboxylic acids is 1. The highest BCUT2D eigenvalue weighted by Gasteiger charge is 2.16. The summed E-state index contributed by atoms with van der Waals surface area (Å²) in [5.41, 5.74) is 2.43. The van der Waals surface area contributed by atoms with Crippen LogP contribution in [0.25, 0.3) is 10.9 Å². The van der Waals surface area contributed by atoms with Gasteiger partial charge in [0.05, 0.1) is 24.1 Å². The Bertz CT molecular complexity index is 1030. The fraction of sp³-hybridized carbons (Fsp3) is 0.318. The molecule has 1 amide bonds. The van der Waals surface area contributed by atoms with Gasteiger partial charge in [0.1, 0.15) is 17.9 Å². The standard InChI is InChI=1S/C22H23ClN4O2/c1-29-20-8-5-15(11-18(20)23)12-21(28)26-16-6-7-19-17(13-16)22(25-14-24-19)27-9-3-2-4-10-27/h5-8,11,13-14H,2-4,9-10,12H2,1H3,(H,26,28). The lowest BCUT2D eigenvalue weighted by molar-refractivity contribution is -0.115. The van der Waals surface area contributed by atoms with Crippen molar-refractivity contribution in [2.75, 3.05) is 30.4 Å². The molecule has 0 aliphatic carbocycles. The summed E-state index contributed by atoms with van der Waals surface area (Å²) in [6.45, 7) is 2.00.